The van der Waals surface area contributed by atoms with Gasteiger partial charge >= 0.3 is 0 Å². The normalized spacial score (nSPS) is 11.1. The number of rotatable bonds is 7. The van der Waals surface area contributed by atoms with E-state index in [4.69, 9.17) is 0 Å². The lowest BCUT2D eigenvalue weighted by Crippen LogP contribution is -2.36. The number of aliphatic imine (C=N–C) groups is 1. The summed E-state index contributed by atoms with van der Waals surface area (Å²) in [6.07, 6.45) is 0. The molecule has 148 valence electrons. The van der Waals surface area contributed by atoms with Crippen molar-refractivity contribution in [1.82, 2.24) is 15.5 Å². The number of carbonyl (C=O) groups excluding carboxylic acids is 1. The maximum absolute atomic E-state index is 11.9. The van der Waals surface area contributed by atoms with E-state index in [0.29, 0.717) is 13.1 Å². The molecule has 27 heavy (non-hydrogen) atoms. The summed E-state index contributed by atoms with van der Waals surface area (Å²) in [6, 6.07) is 9.94. The van der Waals surface area contributed by atoms with E-state index in [2.05, 4.69) is 39.3 Å². The van der Waals surface area contributed by atoms with Gasteiger partial charge in [0.25, 0.3) is 0 Å². The van der Waals surface area contributed by atoms with E-state index in [1.54, 1.807) is 18.4 Å². The lowest BCUT2D eigenvalue weighted by Gasteiger charge is -2.13. The number of guanidine groups is 1. The molecular weight excluding hydrogens is 473 g/mol. The minimum atomic E-state index is -0.0242. The van der Waals surface area contributed by atoms with Gasteiger partial charge in [-0.15, -0.1) is 35.3 Å². The number of hydrogen-bond donors (Lipinski definition) is 3. The molecule has 1 heterocycles. The number of carbonyl (C=O) groups is 1. The van der Waals surface area contributed by atoms with Crippen LogP contribution in [0.1, 0.15) is 16.0 Å². The highest BCUT2D eigenvalue weighted by Gasteiger charge is 2.05. The third kappa shape index (κ3) is 8.27. The van der Waals surface area contributed by atoms with Crippen LogP contribution in [0.2, 0.25) is 0 Å². The molecule has 0 atom stereocenters. The number of nitrogens with one attached hydrogen (secondary N) is 3. The standard InChI is InChI=1S/C19H27N5OS.HI/c1-14-8-9-26-17(14)12-22-19(20-2)21-11-15-6-5-7-16(10-15)23-18(25)13-24(3)4;/h5-10H,11-13H2,1-4H3,(H,23,25)(H2,20,21,22);1H. The van der Waals surface area contributed by atoms with Crippen molar-refractivity contribution in [3.05, 3.63) is 51.7 Å². The highest BCUT2D eigenvalue weighted by molar-refractivity contribution is 14.0. The first-order valence-electron chi connectivity index (χ1n) is 8.49. The number of nitrogens with zero attached hydrogens (tertiary/aromatic N) is 2. The van der Waals surface area contributed by atoms with Crippen molar-refractivity contribution >= 4 is 52.9 Å². The fourth-order valence-electron chi connectivity index (χ4n) is 2.40. The van der Waals surface area contributed by atoms with Crippen LogP contribution in [0.3, 0.4) is 0 Å². The number of thiophene rings is 1. The molecule has 2 rings (SSSR count). The Balaban J connectivity index is 0.00000364. The van der Waals surface area contributed by atoms with Crippen molar-refractivity contribution in [3.8, 4) is 0 Å². The Kier molecular flexibility index (Phi) is 10.3. The first-order valence-corrected chi connectivity index (χ1v) is 9.37. The number of likely N-dealkylation sites (N-methyl/N-ethyl adjacent to an activating group) is 1. The monoisotopic (exact) mass is 501 g/mol. The first kappa shape index (κ1) is 23.4. The molecule has 1 aromatic carbocycles. The van der Waals surface area contributed by atoms with E-state index < -0.39 is 0 Å². The van der Waals surface area contributed by atoms with Crippen LogP contribution >= 0.6 is 35.3 Å². The number of hydrogen-bond acceptors (Lipinski definition) is 4. The molecule has 0 aliphatic rings. The molecule has 0 bridgehead atoms. The molecule has 0 aliphatic heterocycles. The number of aryl methyl sites for hydroxylation is 1. The summed E-state index contributed by atoms with van der Waals surface area (Å²) in [5.41, 5.74) is 3.16. The molecule has 0 unspecified atom stereocenters. The summed E-state index contributed by atoms with van der Waals surface area (Å²) in [7, 11) is 5.50. The van der Waals surface area contributed by atoms with E-state index in [-0.39, 0.29) is 29.9 Å². The van der Waals surface area contributed by atoms with Crippen molar-refractivity contribution in [2.75, 3.05) is 33.0 Å². The zero-order valence-electron chi connectivity index (χ0n) is 16.2. The van der Waals surface area contributed by atoms with Gasteiger partial charge in [0.05, 0.1) is 13.1 Å². The SMILES string of the molecule is CN=C(NCc1cccc(NC(=O)CN(C)C)c1)NCc1sccc1C.I. The third-order valence-corrected chi connectivity index (χ3v) is 4.76. The number of amides is 1. The van der Waals surface area contributed by atoms with Crippen LogP contribution in [0.15, 0.2) is 40.7 Å². The Morgan fingerprint density at radius 2 is 1.93 bits per heavy atom. The number of halogens is 1. The smallest absolute Gasteiger partial charge is 0.238 e. The van der Waals surface area contributed by atoms with Crippen LogP contribution in [0.4, 0.5) is 5.69 Å². The Bertz CT molecular complexity index is 760. The second-order valence-electron chi connectivity index (χ2n) is 6.29. The number of anilines is 1. The Morgan fingerprint density at radius 1 is 1.19 bits per heavy atom. The number of benzene rings is 1. The predicted molar refractivity (Wildman–Crippen MR) is 125 cm³/mol. The molecule has 0 fully saturated rings. The van der Waals surface area contributed by atoms with Crippen LogP contribution in [-0.4, -0.2) is 44.5 Å². The minimum Gasteiger partial charge on any atom is -0.352 e. The van der Waals surface area contributed by atoms with Gasteiger partial charge in [-0.3, -0.25) is 9.79 Å². The lowest BCUT2D eigenvalue weighted by molar-refractivity contribution is -0.116. The molecule has 6 nitrogen and oxygen atoms in total. The molecule has 2 aromatic rings. The quantitative estimate of drug-likeness (QED) is 0.310. The summed E-state index contributed by atoms with van der Waals surface area (Å²) in [5, 5.41) is 11.6. The Morgan fingerprint density at radius 3 is 2.56 bits per heavy atom. The molecule has 3 N–H and O–H groups in total. The largest absolute Gasteiger partial charge is 0.352 e. The maximum atomic E-state index is 11.9. The second-order valence-corrected chi connectivity index (χ2v) is 7.29. The van der Waals surface area contributed by atoms with Crippen LogP contribution < -0.4 is 16.0 Å². The fraction of sp³-hybridized carbons (Fsp3) is 0.368. The summed E-state index contributed by atoms with van der Waals surface area (Å²) in [6.45, 7) is 3.85. The predicted octanol–water partition coefficient (Wildman–Crippen LogP) is 3.04. The van der Waals surface area contributed by atoms with Crippen molar-refractivity contribution in [1.29, 1.82) is 0 Å². The topological polar surface area (TPSA) is 68.8 Å². The van der Waals surface area contributed by atoms with E-state index in [0.717, 1.165) is 23.8 Å². The molecular formula is C19H28IN5OS. The maximum Gasteiger partial charge on any atom is 0.238 e. The van der Waals surface area contributed by atoms with Gasteiger partial charge in [0.2, 0.25) is 5.91 Å². The van der Waals surface area contributed by atoms with Crippen LogP contribution in [0, 0.1) is 6.92 Å². The summed E-state index contributed by atoms with van der Waals surface area (Å²) in [4.78, 5) is 19.3. The van der Waals surface area contributed by atoms with Gasteiger partial charge in [-0.05, 0) is 55.7 Å². The van der Waals surface area contributed by atoms with Gasteiger partial charge < -0.3 is 20.9 Å². The molecule has 0 saturated carbocycles. The lowest BCUT2D eigenvalue weighted by atomic mass is 10.2. The van der Waals surface area contributed by atoms with Gasteiger partial charge in [-0.2, -0.15) is 0 Å². The summed E-state index contributed by atoms with van der Waals surface area (Å²) < 4.78 is 0. The van der Waals surface area contributed by atoms with E-state index >= 15 is 0 Å². The average Bonchev–Trinajstić information content (AvgIpc) is 2.99. The molecule has 0 spiro atoms. The van der Waals surface area contributed by atoms with Crippen molar-refractivity contribution in [2.45, 2.75) is 20.0 Å². The third-order valence-electron chi connectivity index (χ3n) is 3.74. The minimum absolute atomic E-state index is 0. The highest BCUT2D eigenvalue weighted by Crippen LogP contribution is 2.14. The zero-order chi connectivity index (χ0) is 18.9. The highest BCUT2D eigenvalue weighted by atomic mass is 127. The van der Waals surface area contributed by atoms with Crippen molar-refractivity contribution in [2.24, 2.45) is 4.99 Å². The van der Waals surface area contributed by atoms with Gasteiger partial charge in [-0.1, -0.05) is 12.1 Å². The fourth-order valence-corrected chi connectivity index (χ4v) is 3.25. The Labute approximate surface area is 182 Å². The van der Waals surface area contributed by atoms with E-state index in [1.165, 1.54) is 10.4 Å². The molecule has 0 saturated heterocycles. The van der Waals surface area contributed by atoms with Crippen molar-refractivity contribution in [3.63, 3.8) is 0 Å². The summed E-state index contributed by atoms with van der Waals surface area (Å²) >= 11 is 1.74. The van der Waals surface area contributed by atoms with Gasteiger partial charge in [0.1, 0.15) is 0 Å². The zero-order valence-corrected chi connectivity index (χ0v) is 19.4. The van der Waals surface area contributed by atoms with Crippen LogP contribution in [0.25, 0.3) is 0 Å². The van der Waals surface area contributed by atoms with E-state index in [1.807, 2.05) is 43.3 Å². The van der Waals surface area contributed by atoms with E-state index in [9.17, 15) is 4.79 Å². The molecule has 1 amide bonds. The summed E-state index contributed by atoms with van der Waals surface area (Å²) in [5.74, 6) is 0.726. The molecule has 0 aliphatic carbocycles. The average molecular weight is 501 g/mol. The first-order chi connectivity index (χ1) is 12.5. The van der Waals surface area contributed by atoms with Crippen molar-refractivity contribution < 1.29 is 4.79 Å². The second kappa shape index (κ2) is 11.9. The van der Waals surface area contributed by atoms with Gasteiger partial charge in [0, 0.05) is 24.2 Å². The molecule has 8 heteroatoms. The molecule has 0 radical (unpaired) electrons. The van der Waals surface area contributed by atoms with Crippen LogP contribution in [0.5, 0.6) is 0 Å². The molecule has 1 aromatic heterocycles. The van der Waals surface area contributed by atoms with Gasteiger partial charge in [-0.25, -0.2) is 0 Å². The van der Waals surface area contributed by atoms with Gasteiger partial charge in [0.15, 0.2) is 5.96 Å². The Hall–Kier alpha value is -1.65. The van der Waals surface area contributed by atoms with Crippen LogP contribution in [-0.2, 0) is 17.9 Å².